The second-order valence-electron chi connectivity index (χ2n) is 9.27. The average Bonchev–Trinajstić information content (AvgIpc) is 3.46. The minimum Gasteiger partial charge on any atom is -0.382 e. The van der Waals surface area contributed by atoms with E-state index in [4.69, 9.17) is 23.1 Å². The van der Waals surface area contributed by atoms with Gasteiger partial charge >= 0.3 is 0 Å². The number of nitrogens with two attached hydrogens (primary N) is 2. The SMILES string of the molecule is Nc1nc(N)c(C(=O)/C=C2\NCC3(CCN(C(=O)CCCc4[nH]nc5ccccc45)CC3)N2)nc1Cl. The highest BCUT2D eigenvalue weighted by atomic mass is 35.5. The summed E-state index contributed by atoms with van der Waals surface area (Å²) in [7, 11) is 0. The molecule has 0 saturated carbocycles. The van der Waals surface area contributed by atoms with Crippen LogP contribution in [0.25, 0.3) is 10.9 Å². The van der Waals surface area contributed by atoms with Crippen molar-refractivity contribution < 1.29 is 9.59 Å². The fourth-order valence-corrected chi connectivity index (χ4v) is 4.94. The lowest BCUT2D eigenvalue weighted by Crippen LogP contribution is -2.53. The number of hydrogen-bond acceptors (Lipinski definition) is 9. The maximum Gasteiger partial charge on any atom is 0.222 e. The Bertz CT molecular complexity index is 1340. The molecular weight excluding hydrogens is 482 g/mol. The van der Waals surface area contributed by atoms with Gasteiger partial charge in [0.05, 0.1) is 11.1 Å². The summed E-state index contributed by atoms with van der Waals surface area (Å²) in [4.78, 5) is 35.2. The molecule has 188 valence electrons. The molecule has 2 aliphatic heterocycles. The number of fused-ring (bicyclic) bond motifs is 1. The van der Waals surface area contributed by atoms with E-state index in [2.05, 4.69) is 30.8 Å². The number of nitrogens with zero attached hydrogens (tertiary/aromatic N) is 4. The van der Waals surface area contributed by atoms with Crippen molar-refractivity contribution in [3.05, 3.63) is 52.7 Å². The number of nitrogens with one attached hydrogen (secondary N) is 3. The molecule has 0 bridgehead atoms. The number of likely N-dealkylation sites (tertiary alicyclic amines) is 1. The first-order chi connectivity index (χ1) is 17.3. The zero-order chi connectivity index (χ0) is 25.3. The van der Waals surface area contributed by atoms with Gasteiger partial charge in [0.15, 0.2) is 22.5 Å². The number of H-pyrrole nitrogens is 1. The molecule has 2 fully saturated rings. The van der Waals surface area contributed by atoms with Crippen molar-refractivity contribution in [2.45, 2.75) is 37.6 Å². The number of rotatable bonds is 6. The van der Waals surface area contributed by atoms with E-state index < -0.39 is 5.78 Å². The van der Waals surface area contributed by atoms with Gasteiger partial charge in [-0.05, 0) is 31.7 Å². The first kappa shape index (κ1) is 23.9. The van der Waals surface area contributed by atoms with Crippen molar-refractivity contribution in [2.24, 2.45) is 0 Å². The van der Waals surface area contributed by atoms with E-state index >= 15 is 0 Å². The van der Waals surface area contributed by atoms with E-state index in [1.165, 1.54) is 6.08 Å². The Kier molecular flexibility index (Phi) is 6.40. The third kappa shape index (κ3) is 4.78. The molecule has 2 saturated heterocycles. The van der Waals surface area contributed by atoms with E-state index in [0.29, 0.717) is 31.9 Å². The zero-order valence-corrected chi connectivity index (χ0v) is 20.4. The number of anilines is 2. The number of hydrogen-bond donors (Lipinski definition) is 5. The van der Waals surface area contributed by atoms with Crippen LogP contribution in [0.15, 0.2) is 36.2 Å². The van der Waals surface area contributed by atoms with Crippen molar-refractivity contribution in [2.75, 3.05) is 31.1 Å². The number of piperidine rings is 1. The first-order valence-corrected chi connectivity index (χ1v) is 12.3. The minimum absolute atomic E-state index is 0.0226. The summed E-state index contributed by atoms with van der Waals surface area (Å²) < 4.78 is 0. The molecule has 36 heavy (non-hydrogen) atoms. The van der Waals surface area contributed by atoms with Crippen LogP contribution in [0.1, 0.15) is 41.9 Å². The molecule has 1 spiro atoms. The first-order valence-electron chi connectivity index (χ1n) is 11.9. The molecule has 11 nitrogen and oxygen atoms in total. The highest BCUT2D eigenvalue weighted by Crippen LogP contribution is 2.27. The summed E-state index contributed by atoms with van der Waals surface area (Å²) in [5.41, 5.74) is 13.1. The number of halogens is 1. The molecule has 3 aromatic rings. The van der Waals surface area contributed by atoms with Gasteiger partial charge in [0, 0.05) is 43.2 Å². The van der Waals surface area contributed by atoms with Gasteiger partial charge in [-0.2, -0.15) is 5.10 Å². The fourth-order valence-electron chi connectivity index (χ4n) is 4.81. The number of allylic oxidation sites excluding steroid dienone is 1. The Morgan fingerprint density at radius 1 is 1.14 bits per heavy atom. The lowest BCUT2D eigenvalue weighted by molar-refractivity contribution is -0.132. The maximum absolute atomic E-state index is 12.8. The molecule has 4 heterocycles. The molecule has 12 heteroatoms. The zero-order valence-electron chi connectivity index (χ0n) is 19.7. The normalized spacial score (nSPS) is 17.9. The van der Waals surface area contributed by atoms with Crippen LogP contribution in [-0.4, -0.2) is 61.9 Å². The van der Waals surface area contributed by atoms with Crippen molar-refractivity contribution in [3.63, 3.8) is 0 Å². The van der Waals surface area contributed by atoms with Crippen molar-refractivity contribution in [1.82, 2.24) is 35.7 Å². The predicted molar refractivity (Wildman–Crippen MR) is 137 cm³/mol. The van der Waals surface area contributed by atoms with Crippen LogP contribution in [0.4, 0.5) is 11.6 Å². The summed E-state index contributed by atoms with van der Waals surface area (Å²) in [5.74, 6) is 0.233. The lowest BCUT2D eigenvalue weighted by atomic mass is 9.88. The van der Waals surface area contributed by atoms with Gasteiger partial charge in [-0.3, -0.25) is 14.7 Å². The Labute approximate surface area is 212 Å². The molecule has 0 atom stereocenters. The van der Waals surface area contributed by atoms with Crippen LogP contribution in [0, 0.1) is 0 Å². The van der Waals surface area contributed by atoms with Gasteiger partial charge in [-0.15, -0.1) is 0 Å². The summed E-state index contributed by atoms with van der Waals surface area (Å²) in [6.45, 7) is 1.98. The molecular formula is C24H28ClN9O2. The number of nitrogen functional groups attached to an aromatic ring is 2. The van der Waals surface area contributed by atoms with Crippen molar-refractivity contribution >= 4 is 45.8 Å². The molecule has 1 aromatic carbocycles. The molecule has 5 rings (SSSR count). The molecule has 7 N–H and O–H groups in total. The van der Waals surface area contributed by atoms with E-state index in [1.54, 1.807) is 0 Å². The molecule has 0 radical (unpaired) electrons. The highest BCUT2D eigenvalue weighted by Gasteiger charge is 2.40. The second kappa shape index (κ2) is 9.65. The quantitative estimate of drug-likeness (QED) is 0.245. The monoisotopic (exact) mass is 509 g/mol. The smallest absolute Gasteiger partial charge is 0.222 e. The Hall–Kier alpha value is -3.86. The number of amides is 1. The second-order valence-corrected chi connectivity index (χ2v) is 9.63. The standard InChI is InChI=1S/C24H28ClN9O2/c25-21-23(27)30-22(26)20(29-21)17(35)12-18-28-13-24(31-18)8-10-34(11-9-24)19(36)7-3-6-16-14-4-1-2-5-15(14)32-33-16/h1-2,4-5,12,28,31H,3,6-11,13H2,(H,32,33)(H4,26,27,30)/b18-12+. The number of aromatic nitrogens is 4. The number of benzene rings is 1. The molecule has 1 amide bonds. The average molecular weight is 510 g/mol. The number of carbonyl (C=O) groups is 2. The minimum atomic E-state index is -0.424. The van der Waals surface area contributed by atoms with E-state index in [-0.39, 0.29) is 33.9 Å². The third-order valence-electron chi connectivity index (χ3n) is 6.86. The molecule has 2 aromatic heterocycles. The van der Waals surface area contributed by atoms with E-state index in [9.17, 15) is 9.59 Å². The van der Waals surface area contributed by atoms with Crippen LogP contribution in [-0.2, 0) is 11.2 Å². The van der Waals surface area contributed by atoms with E-state index in [1.807, 2.05) is 29.2 Å². The number of aryl methyl sites for hydroxylation is 1. The van der Waals surface area contributed by atoms with Gasteiger partial charge < -0.3 is 27.0 Å². The van der Waals surface area contributed by atoms with Crippen molar-refractivity contribution in [1.29, 1.82) is 0 Å². The predicted octanol–water partition coefficient (Wildman–Crippen LogP) is 1.77. The summed E-state index contributed by atoms with van der Waals surface area (Å²) >= 11 is 5.89. The Morgan fingerprint density at radius 3 is 2.72 bits per heavy atom. The topological polar surface area (TPSA) is 168 Å². The Balaban J connectivity index is 1.12. The molecule has 0 unspecified atom stereocenters. The third-order valence-corrected chi connectivity index (χ3v) is 7.14. The summed E-state index contributed by atoms with van der Waals surface area (Å²) in [5, 5.41) is 15.1. The van der Waals surface area contributed by atoms with Crippen LogP contribution in [0.3, 0.4) is 0 Å². The largest absolute Gasteiger partial charge is 0.382 e. The van der Waals surface area contributed by atoms with Crippen LogP contribution in [0.2, 0.25) is 5.15 Å². The van der Waals surface area contributed by atoms with E-state index in [0.717, 1.165) is 42.3 Å². The number of carbonyl (C=O) groups excluding carboxylic acids is 2. The summed E-state index contributed by atoms with van der Waals surface area (Å²) in [6, 6.07) is 7.98. The molecule has 0 aliphatic carbocycles. The Morgan fingerprint density at radius 2 is 1.92 bits per heavy atom. The van der Waals surface area contributed by atoms with Crippen LogP contribution < -0.4 is 22.1 Å². The van der Waals surface area contributed by atoms with Crippen LogP contribution in [0.5, 0.6) is 0 Å². The van der Waals surface area contributed by atoms with Gasteiger partial charge in [0.2, 0.25) is 11.7 Å². The van der Waals surface area contributed by atoms with Gasteiger partial charge in [0.25, 0.3) is 0 Å². The lowest BCUT2D eigenvalue weighted by Gasteiger charge is -2.39. The number of ketones is 1. The molecule has 2 aliphatic rings. The van der Waals surface area contributed by atoms with Crippen molar-refractivity contribution in [3.8, 4) is 0 Å². The maximum atomic E-state index is 12.8. The van der Waals surface area contributed by atoms with Gasteiger partial charge in [0.1, 0.15) is 5.82 Å². The van der Waals surface area contributed by atoms with Gasteiger partial charge in [-0.25, -0.2) is 9.97 Å². The number of aromatic amines is 1. The fraction of sp³-hybridized carbons (Fsp3) is 0.375. The highest BCUT2D eigenvalue weighted by molar-refractivity contribution is 6.31. The van der Waals surface area contributed by atoms with Gasteiger partial charge in [-0.1, -0.05) is 29.8 Å². The van der Waals surface area contributed by atoms with Crippen LogP contribution >= 0.6 is 11.6 Å². The number of para-hydroxylation sites is 1. The summed E-state index contributed by atoms with van der Waals surface area (Å²) in [6.07, 6.45) is 5.00.